The molecule has 0 unspecified atom stereocenters. The van der Waals surface area contributed by atoms with E-state index in [4.69, 9.17) is 0 Å². The predicted octanol–water partition coefficient (Wildman–Crippen LogP) is 3.95. The fraction of sp³-hybridized carbons (Fsp3) is 0.143. The number of benzene rings is 2. The maximum atomic E-state index is 13.2. The Bertz CT molecular complexity index is 801. The molecule has 3 nitrogen and oxygen atoms in total. The van der Waals surface area contributed by atoms with Gasteiger partial charge in [-0.05, 0) is 42.8 Å². The van der Waals surface area contributed by atoms with Crippen molar-refractivity contribution in [1.82, 2.24) is 0 Å². The quantitative estimate of drug-likeness (QED) is 0.865. The number of anilines is 1. The fourth-order valence-electron chi connectivity index (χ4n) is 1.80. The lowest BCUT2D eigenvalue weighted by molar-refractivity contribution is -0.139. The van der Waals surface area contributed by atoms with Gasteiger partial charge in [-0.3, -0.25) is 4.72 Å². The maximum absolute atomic E-state index is 13.2. The highest BCUT2D eigenvalue weighted by Crippen LogP contribution is 2.33. The third kappa shape index (κ3) is 3.56. The third-order valence-electron chi connectivity index (χ3n) is 2.82. The first-order chi connectivity index (χ1) is 10.1. The van der Waals surface area contributed by atoms with Crippen LogP contribution in [0.5, 0.6) is 0 Å². The SMILES string of the molecule is Cc1cccc(S(=O)(=O)Nc2ccc(F)c(C(F)(F)F)c2)c1. The molecule has 0 atom stereocenters. The average Bonchev–Trinajstić information content (AvgIpc) is 2.39. The van der Waals surface area contributed by atoms with Crippen molar-refractivity contribution in [1.29, 1.82) is 0 Å². The van der Waals surface area contributed by atoms with Gasteiger partial charge in [0.15, 0.2) is 0 Å². The minimum atomic E-state index is -4.91. The second kappa shape index (κ2) is 5.60. The number of alkyl halides is 3. The van der Waals surface area contributed by atoms with Crippen LogP contribution in [0.1, 0.15) is 11.1 Å². The highest BCUT2D eigenvalue weighted by Gasteiger charge is 2.34. The van der Waals surface area contributed by atoms with Gasteiger partial charge in [-0.25, -0.2) is 12.8 Å². The summed E-state index contributed by atoms with van der Waals surface area (Å²) in [6.45, 7) is 1.68. The Labute approximate surface area is 124 Å². The van der Waals surface area contributed by atoms with Crippen molar-refractivity contribution in [2.75, 3.05) is 4.72 Å². The zero-order chi connectivity index (χ0) is 16.5. The van der Waals surface area contributed by atoms with E-state index in [2.05, 4.69) is 0 Å². The van der Waals surface area contributed by atoms with E-state index in [1.54, 1.807) is 13.0 Å². The zero-order valence-corrected chi connectivity index (χ0v) is 12.1. The van der Waals surface area contributed by atoms with E-state index in [0.29, 0.717) is 17.7 Å². The molecule has 0 saturated carbocycles. The monoisotopic (exact) mass is 333 g/mol. The fourth-order valence-corrected chi connectivity index (χ4v) is 2.96. The van der Waals surface area contributed by atoms with E-state index < -0.39 is 27.6 Å². The van der Waals surface area contributed by atoms with Gasteiger partial charge < -0.3 is 0 Å². The van der Waals surface area contributed by atoms with Crippen LogP contribution in [0, 0.1) is 12.7 Å². The van der Waals surface area contributed by atoms with Crippen LogP contribution >= 0.6 is 0 Å². The molecule has 2 aromatic rings. The first-order valence-electron chi connectivity index (χ1n) is 6.06. The minimum Gasteiger partial charge on any atom is -0.280 e. The van der Waals surface area contributed by atoms with Crippen LogP contribution in [0.2, 0.25) is 0 Å². The molecule has 0 aromatic heterocycles. The van der Waals surface area contributed by atoms with E-state index in [1.807, 2.05) is 4.72 Å². The van der Waals surface area contributed by atoms with Crippen LogP contribution in [0.3, 0.4) is 0 Å². The number of nitrogens with one attached hydrogen (secondary N) is 1. The molecule has 0 bridgehead atoms. The lowest BCUT2D eigenvalue weighted by atomic mass is 10.2. The standard InChI is InChI=1S/C14H11F4NO2S/c1-9-3-2-4-11(7-9)22(20,21)19-10-5-6-13(15)12(8-10)14(16,17)18/h2-8,19H,1H3. The molecule has 0 fully saturated rings. The van der Waals surface area contributed by atoms with Gasteiger partial charge in [0.25, 0.3) is 10.0 Å². The van der Waals surface area contributed by atoms with E-state index in [0.717, 1.165) is 6.07 Å². The van der Waals surface area contributed by atoms with Gasteiger partial charge in [0, 0.05) is 5.69 Å². The molecule has 0 spiro atoms. The van der Waals surface area contributed by atoms with Crippen molar-refractivity contribution in [3.05, 3.63) is 59.4 Å². The molecule has 1 N–H and O–H groups in total. The Balaban J connectivity index is 2.39. The smallest absolute Gasteiger partial charge is 0.280 e. The second-order valence-corrected chi connectivity index (χ2v) is 6.30. The summed E-state index contributed by atoms with van der Waals surface area (Å²) >= 11 is 0. The molecule has 0 heterocycles. The molecule has 2 aromatic carbocycles. The number of rotatable bonds is 3. The summed E-state index contributed by atoms with van der Waals surface area (Å²) in [5, 5.41) is 0. The van der Waals surface area contributed by atoms with E-state index >= 15 is 0 Å². The van der Waals surface area contributed by atoms with Gasteiger partial charge in [-0.1, -0.05) is 12.1 Å². The summed E-state index contributed by atoms with van der Waals surface area (Å²) in [4.78, 5) is -0.0922. The molecule has 22 heavy (non-hydrogen) atoms. The Kier molecular flexibility index (Phi) is 4.15. The van der Waals surface area contributed by atoms with Crippen LogP contribution in [0.15, 0.2) is 47.4 Å². The lowest BCUT2D eigenvalue weighted by Crippen LogP contribution is -2.15. The molecule has 0 amide bonds. The van der Waals surface area contributed by atoms with E-state index in [9.17, 15) is 26.0 Å². The number of aryl methyl sites for hydroxylation is 1. The molecule has 8 heteroatoms. The molecular formula is C14H11F4NO2S. The van der Waals surface area contributed by atoms with Gasteiger partial charge in [0.1, 0.15) is 5.82 Å². The van der Waals surface area contributed by atoms with Crippen LogP contribution in [0.25, 0.3) is 0 Å². The normalized spacial score (nSPS) is 12.2. The molecule has 0 aliphatic heterocycles. The first-order valence-corrected chi connectivity index (χ1v) is 7.54. The molecule has 118 valence electrons. The van der Waals surface area contributed by atoms with Gasteiger partial charge in [0.2, 0.25) is 0 Å². The Morgan fingerprint density at radius 1 is 1.05 bits per heavy atom. The van der Waals surface area contributed by atoms with Crippen LogP contribution in [-0.2, 0) is 16.2 Å². The Morgan fingerprint density at radius 2 is 1.73 bits per heavy atom. The Hall–Kier alpha value is -2.09. The summed E-state index contributed by atoms with van der Waals surface area (Å²) in [5.74, 6) is -1.47. The average molecular weight is 333 g/mol. The van der Waals surface area contributed by atoms with Crippen molar-refractivity contribution in [2.24, 2.45) is 0 Å². The zero-order valence-electron chi connectivity index (χ0n) is 11.3. The molecular weight excluding hydrogens is 322 g/mol. The predicted molar refractivity (Wildman–Crippen MR) is 73.4 cm³/mol. The number of hydrogen-bond acceptors (Lipinski definition) is 2. The van der Waals surface area contributed by atoms with Gasteiger partial charge in [-0.15, -0.1) is 0 Å². The van der Waals surface area contributed by atoms with Crippen molar-refractivity contribution in [3.8, 4) is 0 Å². The molecule has 0 saturated heterocycles. The molecule has 0 radical (unpaired) electrons. The minimum absolute atomic E-state index is 0.0922. The summed E-state index contributed by atoms with van der Waals surface area (Å²) in [6, 6.07) is 7.78. The lowest BCUT2D eigenvalue weighted by Gasteiger charge is -2.12. The van der Waals surface area contributed by atoms with Crippen LogP contribution in [0.4, 0.5) is 23.2 Å². The van der Waals surface area contributed by atoms with Gasteiger partial charge in [0.05, 0.1) is 10.5 Å². The highest BCUT2D eigenvalue weighted by molar-refractivity contribution is 7.92. The number of sulfonamides is 1. The summed E-state index contributed by atoms with van der Waals surface area (Å²) in [5.41, 5.74) is -1.22. The second-order valence-electron chi connectivity index (χ2n) is 4.61. The first kappa shape index (κ1) is 16.3. The van der Waals surface area contributed by atoms with Crippen molar-refractivity contribution >= 4 is 15.7 Å². The number of hydrogen-bond donors (Lipinski definition) is 1. The highest BCUT2D eigenvalue weighted by atomic mass is 32.2. The molecule has 0 aliphatic rings. The largest absolute Gasteiger partial charge is 0.419 e. The summed E-state index contributed by atoms with van der Waals surface area (Å²) in [6.07, 6.45) is -4.91. The Morgan fingerprint density at radius 3 is 2.32 bits per heavy atom. The van der Waals surface area contributed by atoms with Gasteiger partial charge >= 0.3 is 6.18 Å². The maximum Gasteiger partial charge on any atom is 0.419 e. The van der Waals surface area contributed by atoms with Crippen molar-refractivity contribution < 1.29 is 26.0 Å². The topological polar surface area (TPSA) is 46.2 Å². The van der Waals surface area contributed by atoms with Crippen LogP contribution in [-0.4, -0.2) is 8.42 Å². The van der Waals surface area contributed by atoms with E-state index in [1.165, 1.54) is 18.2 Å². The molecule has 0 aliphatic carbocycles. The van der Waals surface area contributed by atoms with Gasteiger partial charge in [-0.2, -0.15) is 13.2 Å². The molecule has 2 rings (SSSR count). The van der Waals surface area contributed by atoms with Crippen LogP contribution < -0.4 is 4.72 Å². The summed E-state index contributed by atoms with van der Waals surface area (Å²) < 4.78 is 77.3. The van der Waals surface area contributed by atoms with Crippen molar-refractivity contribution in [2.45, 2.75) is 18.0 Å². The third-order valence-corrected chi connectivity index (χ3v) is 4.20. The van der Waals surface area contributed by atoms with Crippen molar-refractivity contribution in [3.63, 3.8) is 0 Å². The van der Waals surface area contributed by atoms with E-state index in [-0.39, 0.29) is 10.6 Å². The summed E-state index contributed by atoms with van der Waals surface area (Å²) in [7, 11) is -4.05. The number of halogens is 4.